The first kappa shape index (κ1) is 11.3. The molecule has 1 nitrogen and oxygen atoms in total. The zero-order chi connectivity index (χ0) is 11.5. The van der Waals surface area contributed by atoms with E-state index in [1.807, 2.05) is 23.7 Å². The second-order valence-corrected chi connectivity index (χ2v) is 5.50. The van der Waals surface area contributed by atoms with Gasteiger partial charge in [0.1, 0.15) is 0 Å². The Balaban J connectivity index is 2.14. The van der Waals surface area contributed by atoms with Gasteiger partial charge in [-0.3, -0.25) is 4.98 Å². The van der Waals surface area contributed by atoms with Crippen LogP contribution in [0.4, 0.5) is 0 Å². The molecule has 2 aromatic heterocycles. The number of aromatic nitrogens is 1. The molecule has 0 bridgehead atoms. The Bertz CT molecular complexity index is 471. The van der Waals surface area contributed by atoms with Crippen LogP contribution in [0.3, 0.4) is 0 Å². The van der Waals surface area contributed by atoms with E-state index in [0.717, 1.165) is 6.42 Å². The van der Waals surface area contributed by atoms with Gasteiger partial charge in [0.25, 0.3) is 0 Å². The van der Waals surface area contributed by atoms with E-state index in [-0.39, 0.29) is 0 Å². The normalized spacial score (nSPS) is 11.0. The second-order valence-electron chi connectivity index (χ2n) is 4.56. The summed E-state index contributed by atoms with van der Waals surface area (Å²) in [6, 6.07) is 4.53. The van der Waals surface area contributed by atoms with Crippen LogP contribution < -0.4 is 0 Å². The summed E-state index contributed by atoms with van der Waals surface area (Å²) in [6.45, 7) is 6.57. The van der Waals surface area contributed by atoms with Crippen molar-refractivity contribution in [1.29, 1.82) is 0 Å². The van der Waals surface area contributed by atoms with E-state index in [2.05, 4.69) is 43.3 Å². The summed E-state index contributed by atoms with van der Waals surface area (Å²) in [6.07, 6.45) is 4.86. The topological polar surface area (TPSA) is 12.9 Å². The molecule has 2 heteroatoms. The highest BCUT2D eigenvalue weighted by Gasteiger charge is 2.04. The molecule has 0 amide bonds. The number of hydrogen-bond acceptors (Lipinski definition) is 2. The lowest BCUT2D eigenvalue weighted by molar-refractivity contribution is 0.888. The lowest BCUT2D eigenvalue weighted by atomic mass is 10.1. The summed E-state index contributed by atoms with van der Waals surface area (Å²) in [4.78, 5) is 5.69. The van der Waals surface area contributed by atoms with Gasteiger partial charge >= 0.3 is 0 Å². The Hall–Kier alpha value is -1.15. The highest BCUT2D eigenvalue weighted by Crippen LogP contribution is 2.24. The maximum atomic E-state index is 4.23. The van der Waals surface area contributed by atoms with E-state index in [1.165, 1.54) is 21.6 Å². The van der Waals surface area contributed by atoms with Crippen LogP contribution in [0.5, 0.6) is 0 Å². The molecule has 2 aromatic rings. The van der Waals surface area contributed by atoms with Crippen molar-refractivity contribution in [1.82, 2.24) is 4.98 Å². The summed E-state index contributed by atoms with van der Waals surface area (Å²) >= 11 is 1.86. The molecule has 0 aromatic carbocycles. The second kappa shape index (κ2) is 4.79. The molecular formula is C14H17NS. The molecule has 0 aliphatic rings. The van der Waals surface area contributed by atoms with E-state index in [9.17, 15) is 0 Å². The standard InChI is InChI=1S/C14H17NS/c1-10(2)14-6-13(9-16-14)5-12-4-11(3)7-15-8-12/h4,6-10H,5H2,1-3H3. The molecule has 0 aliphatic heterocycles. The average molecular weight is 231 g/mol. The monoisotopic (exact) mass is 231 g/mol. The van der Waals surface area contributed by atoms with Crippen LogP contribution in [-0.2, 0) is 6.42 Å². The first-order valence-electron chi connectivity index (χ1n) is 5.63. The van der Waals surface area contributed by atoms with E-state index in [1.54, 1.807) is 0 Å². The van der Waals surface area contributed by atoms with Crippen molar-refractivity contribution in [2.24, 2.45) is 0 Å². The first-order valence-corrected chi connectivity index (χ1v) is 6.51. The lowest BCUT2D eigenvalue weighted by Crippen LogP contribution is -1.88. The van der Waals surface area contributed by atoms with Crippen LogP contribution in [0.15, 0.2) is 29.9 Å². The number of thiophene rings is 1. The van der Waals surface area contributed by atoms with Crippen molar-refractivity contribution >= 4 is 11.3 Å². The zero-order valence-electron chi connectivity index (χ0n) is 10.0. The maximum Gasteiger partial charge on any atom is 0.0303 e. The Morgan fingerprint density at radius 3 is 2.62 bits per heavy atom. The largest absolute Gasteiger partial charge is 0.264 e. The third-order valence-corrected chi connectivity index (χ3v) is 3.86. The molecule has 0 aliphatic carbocycles. The highest BCUT2D eigenvalue weighted by molar-refractivity contribution is 7.10. The van der Waals surface area contributed by atoms with Crippen LogP contribution in [0, 0.1) is 6.92 Å². The maximum absolute atomic E-state index is 4.23. The molecule has 0 fully saturated rings. The SMILES string of the molecule is Cc1cncc(Cc2csc(C(C)C)c2)c1. The van der Waals surface area contributed by atoms with Crippen LogP contribution >= 0.6 is 11.3 Å². The zero-order valence-corrected chi connectivity index (χ0v) is 10.8. The van der Waals surface area contributed by atoms with Crippen LogP contribution in [-0.4, -0.2) is 4.98 Å². The number of aryl methyl sites for hydroxylation is 1. The summed E-state index contributed by atoms with van der Waals surface area (Å²) in [7, 11) is 0. The minimum absolute atomic E-state index is 0.634. The molecule has 0 radical (unpaired) electrons. The predicted octanol–water partition coefficient (Wildman–Crippen LogP) is 4.17. The van der Waals surface area contributed by atoms with Gasteiger partial charge in [-0.2, -0.15) is 0 Å². The van der Waals surface area contributed by atoms with Gasteiger partial charge in [-0.05, 0) is 47.4 Å². The molecular weight excluding hydrogens is 214 g/mol. The van der Waals surface area contributed by atoms with Gasteiger partial charge < -0.3 is 0 Å². The molecule has 16 heavy (non-hydrogen) atoms. The number of hydrogen-bond donors (Lipinski definition) is 0. The molecule has 0 N–H and O–H groups in total. The summed E-state index contributed by atoms with van der Waals surface area (Å²) in [5.41, 5.74) is 3.94. The van der Waals surface area contributed by atoms with Crippen molar-refractivity contribution < 1.29 is 0 Å². The molecule has 2 heterocycles. The van der Waals surface area contributed by atoms with Crippen LogP contribution in [0.2, 0.25) is 0 Å². The molecule has 0 atom stereocenters. The summed E-state index contributed by atoms with van der Waals surface area (Å²) < 4.78 is 0. The van der Waals surface area contributed by atoms with Gasteiger partial charge in [0.15, 0.2) is 0 Å². The molecule has 2 rings (SSSR count). The van der Waals surface area contributed by atoms with Crippen molar-refractivity contribution in [2.75, 3.05) is 0 Å². The van der Waals surface area contributed by atoms with Crippen molar-refractivity contribution in [3.05, 3.63) is 51.5 Å². The van der Waals surface area contributed by atoms with Crippen molar-refractivity contribution in [2.45, 2.75) is 33.1 Å². The highest BCUT2D eigenvalue weighted by atomic mass is 32.1. The fraction of sp³-hybridized carbons (Fsp3) is 0.357. The first-order chi connectivity index (χ1) is 7.65. The van der Waals surface area contributed by atoms with Crippen LogP contribution in [0.25, 0.3) is 0 Å². The third-order valence-electron chi connectivity index (χ3n) is 2.58. The van der Waals surface area contributed by atoms with E-state index in [0.29, 0.717) is 5.92 Å². The van der Waals surface area contributed by atoms with Gasteiger partial charge in [0.05, 0.1) is 0 Å². The molecule has 0 unspecified atom stereocenters. The fourth-order valence-electron chi connectivity index (χ4n) is 1.74. The predicted molar refractivity (Wildman–Crippen MR) is 70.2 cm³/mol. The number of rotatable bonds is 3. The minimum Gasteiger partial charge on any atom is -0.264 e. The number of nitrogens with zero attached hydrogens (tertiary/aromatic N) is 1. The fourth-order valence-corrected chi connectivity index (χ4v) is 2.67. The van der Waals surface area contributed by atoms with Gasteiger partial charge in [-0.25, -0.2) is 0 Å². The molecule has 84 valence electrons. The molecule has 0 saturated carbocycles. The average Bonchev–Trinajstić information content (AvgIpc) is 2.66. The van der Waals surface area contributed by atoms with Crippen molar-refractivity contribution in [3.8, 4) is 0 Å². The Kier molecular flexibility index (Phi) is 3.39. The van der Waals surface area contributed by atoms with Gasteiger partial charge in [0.2, 0.25) is 0 Å². The third kappa shape index (κ3) is 2.70. The quantitative estimate of drug-likeness (QED) is 0.772. The van der Waals surface area contributed by atoms with Gasteiger partial charge in [0, 0.05) is 17.3 Å². The smallest absolute Gasteiger partial charge is 0.0303 e. The summed E-state index contributed by atoms with van der Waals surface area (Å²) in [5, 5.41) is 2.26. The number of pyridine rings is 1. The Labute approximate surface area is 101 Å². The van der Waals surface area contributed by atoms with E-state index in [4.69, 9.17) is 0 Å². The van der Waals surface area contributed by atoms with Gasteiger partial charge in [-0.1, -0.05) is 19.9 Å². The molecule has 0 spiro atoms. The molecule has 0 saturated heterocycles. The van der Waals surface area contributed by atoms with Crippen LogP contribution in [0.1, 0.15) is 41.3 Å². The lowest BCUT2D eigenvalue weighted by Gasteiger charge is -2.00. The summed E-state index contributed by atoms with van der Waals surface area (Å²) in [5.74, 6) is 0.634. The van der Waals surface area contributed by atoms with Gasteiger partial charge in [-0.15, -0.1) is 11.3 Å². The Morgan fingerprint density at radius 1 is 1.19 bits per heavy atom. The Morgan fingerprint density at radius 2 is 2.00 bits per heavy atom. The van der Waals surface area contributed by atoms with Crippen molar-refractivity contribution in [3.63, 3.8) is 0 Å². The van der Waals surface area contributed by atoms with E-state index < -0.39 is 0 Å². The minimum atomic E-state index is 0.634. The van der Waals surface area contributed by atoms with E-state index >= 15 is 0 Å².